The van der Waals surface area contributed by atoms with Gasteiger partial charge in [0.05, 0.1) is 0 Å². The van der Waals surface area contributed by atoms with Crippen LogP contribution in [0.15, 0.2) is 48.5 Å². The van der Waals surface area contributed by atoms with Gasteiger partial charge >= 0.3 is 0 Å². The van der Waals surface area contributed by atoms with Gasteiger partial charge in [0.1, 0.15) is 0 Å². The molecule has 0 saturated heterocycles. The van der Waals surface area contributed by atoms with Crippen molar-refractivity contribution in [2.75, 3.05) is 17.6 Å². The summed E-state index contributed by atoms with van der Waals surface area (Å²) in [5.41, 5.74) is 10.3. The summed E-state index contributed by atoms with van der Waals surface area (Å²) in [4.78, 5) is 0. The van der Waals surface area contributed by atoms with Crippen LogP contribution < -0.4 is 11.1 Å². The molecular weight excluding hydrogens is 208 g/mol. The Labute approximate surface area is 102 Å². The topological polar surface area (TPSA) is 38.0 Å². The van der Waals surface area contributed by atoms with Crippen LogP contribution in [0.1, 0.15) is 18.1 Å². The molecular formula is C15H18N2. The minimum atomic E-state index is 0.816. The van der Waals surface area contributed by atoms with Gasteiger partial charge in [0.15, 0.2) is 0 Å². The van der Waals surface area contributed by atoms with E-state index in [1.165, 1.54) is 16.8 Å². The molecule has 17 heavy (non-hydrogen) atoms. The fraction of sp³-hybridized carbons (Fsp3) is 0.200. The molecule has 0 aromatic heterocycles. The highest BCUT2D eigenvalue weighted by molar-refractivity contribution is 5.46. The first-order valence-corrected chi connectivity index (χ1v) is 5.95. The van der Waals surface area contributed by atoms with E-state index in [0.717, 1.165) is 18.7 Å². The average molecular weight is 226 g/mol. The van der Waals surface area contributed by atoms with Crippen LogP contribution in [0.4, 0.5) is 11.4 Å². The third-order valence-electron chi connectivity index (χ3n) is 2.72. The maximum absolute atomic E-state index is 5.66. The number of rotatable bonds is 4. The Kier molecular flexibility index (Phi) is 3.66. The summed E-state index contributed by atoms with van der Waals surface area (Å²) in [7, 11) is 0. The van der Waals surface area contributed by atoms with Crippen LogP contribution in [-0.2, 0) is 6.42 Å². The van der Waals surface area contributed by atoms with Crippen LogP contribution in [0, 0.1) is 0 Å². The monoisotopic (exact) mass is 226 g/mol. The zero-order valence-corrected chi connectivity index (χ0v) is 10.1. The van der Waals surface area contributed by atoms with Gasteiger partial charge < -0.3 is 11.1 Å². The first-order valence-electron chi connectivity index (χ1n) is 5.95. The Morgan fingerprint density at radius 3 is 1.94 bits per heavy atom. The minimum Gasteiger partial charge on any atom is -0.399 e. The van der Waals surface area contributed by atoms with Gasteiger partial charge in [0, 0.05) is 17.9 Å². The molecule has 0 radical (unpaired) electrons. The summed E-state index contributed by atoms with van der Waals surface area (Å²) in [5, 5.41) is 3.29. The van der Waals surface area contributed by atoms with Gasteiger partial charge in [0.2, 0.25) is 0 Å². The molecule has 2 aromatic carbocycles. The maximum Gasteiger partial charge on any atom is 0.0340 e. The quantitative estimate of drug-likeness (QED) is 0.785. The molecule has 0 aliphatic heterocycles. The molecule has 2 rings (SSSR count). The molecule has 0 fully saturated rings. The zero-order valence-electron chi connectivity index (χ0n) is 10.1. The van der Waals surface area contributed by atoms with Crippen molar-refractivity contribution in [2.45, 2.75) is 13.3 Å². The summed E-state index contributed by atoms with van der Waals surface area (Å²) in [5.74, 6) is 0. The number of nitrogen functional groups attached to an aromatic ring is 1. The van der Waals surface area contributed by atoms with Gasteiger partial charge in [-0.25, -0.2) is 0 Å². The third kappa shape index (κ3) is 3.25. The second-order valence-electron chi connectivity index (χ2n) is 4.15. The SMILES string of the molecule is CCNc1ccc(Cc2ccc(N)cc2)cc1. The molecule has 0 aliphatic carbocycles. The number of hydrogen-bond donors (Lipinski definition) is 2. The van der Waals surface area contributed by atoms with Crippen LogP contribution in [0.2, 0.25) is 0 Å². The van der Waals surface area contributed by atoms with Crippen molar-refractivity contribution in [2.24, 2.45) is 0 Å². The van der Waals surface area contributed by atoms with E-state index in [4.69, 9.17) is 5.73 Å². The largest absolute Gasteiger partial charge is 0.399 e. The zero-order chi connectivity index (χ0) is 12.1. The fourth-order valence-electron chi connectivity index (χ4n) is 1.82. The first kappa shape index (κ1) is 11.5. The van der Waals surface area contributed by atoms with E-state index < -0.39 is 0 Å². The summed E-state index contributed by atoms with van der Waals surface area (Å²) in [6.07, 6.45) is 0.951. The van der Waals surface area contributed by atoms with Crippen molar-refractivity contribution in [1.29, 1.82) is 0 Å². The van der Waals surface area contributed by atoms with Crippen LogP contribution >= 0.6 is 0 Å². The Morgan fingerprint density at radius 2 is 1.41 bits per heavy atom. The van der Waals surface area contributed by atoms with Crippen molar-refractivity contribution < 1.29 is 0 Å². The highest BCUT2D eigenvalue weighted by Gasteiger charge is 1.97. The lowest BCUT2D eigenvalue weighted by Gasteiger charge is -2.05. The lowest BCUT2D eigenvalue weighted by molar-refractivity contribution is 1.18. The molecule has 0 bridgehead atoms. The predicted molar refractivity (Wildman–Crippen MR) is 74.3 cm³/mol. The predicted octanol–water partition coefficient (Wildman–Crippen LogP) is 3.29. The second-order valence-corrected chi connectivity index (χ2v) is 4.15. The standard InChI is InChI=1S/C15H18N2/c1-2-17-15-9-5-13(6-10-15)11-12-3-7-14(16)8-4-12/h3-10,17H,2,11,16H2,1H3. The van der Waals surface area contributed by atoms with Gasteiger partial charge in [-0.3, -0.25) is 0 Å². The molecule has 0 saturated carbocycles. The molecule has 0 aliphatic rings. The van der Waals surface area contributed by atoms with E-state index in [1.807, 2.05) is 12.1 Å². The molecule has 0 spiro atoms. The summed E-state index contributed by atoms with van der Waals surface area (Å²) >= 11 is 0. The van der Waals surface area contributed by atoms with Crippen molar-refractivity contribution >= 4 is 11.4 Å². The van der Waals surface area contributed by atoms with Crippen molar-refractivity contribution in [1.82, 2.24) is 0 Å². The Morgan fingerprint density at radius 1 is 0.882 bits per heavy atom. The van der Waals surface area contributed by atoms with Crippen LogP contribution in [-0.4, -0.2) is 6.54 Å². The van der Waals surface area contributed by atoms with Crippen molar-refractivity contribution in [3.8, 4) is 0 Å². The summed E-state index contributed by atoms with van der Waals surface area (Å²) in [6, 6.07) is 16.6. The van der Waals surface area contributed by atoms with Gasteiger partial charge in [-0.2, -0.15) is 0 Å². The normalized spacial score (nSPS) is 10.2. The third-order valence-corrected chi connectivity index (χ3v) is 2.72. The molecule has 2 nitrogen and oxygen atoms in total. The van der Waals surface area contributed by atoms with Crippen LogP contribution in [0.3, 0.4) is 0 Å². The number of nitrogens with one attached hydrogen (secondary N) is 1. The van der Waals surface area contributed by atoms with Crippen molar-refractivity contribution in [3.63, 3.8) is 0 Å². The van der Waals surface area contributed by atoms with E-state index >= 15 is 0 Å². The van der Waals surface area contributed by atoms with Crippen LogP contribution in [0.25, 0.3) is 0 Å². The van der Waals surface area contributed by atoms with Gasteiger partial charge in [0.25, 0.3) is 0 Å². The lowest BCUT2D eigenvalue weighted by atomic mass is 10.0. The van der Waals surface area contributed by atoms with E-state index in [2.05, 4.69) is 48.6 Å². The number of hydrogen-bond acceptors (Lipinski definition) is 2. The Bertz CT molecular complexity index is 457. The van der Waals surface area contributed by atoms with E-state index in [-0.39, 0.29) is 0 Å². The fourth-order valence-corrected chi connectivity index (χ4v) is 1.82. The average Bonchev–Trinajstić information content (AvgIpc) is 2.35. The molecule has 0 atom stereocenters. The highest BCUT2D eigenvalue weighted by Crippen LogP contribution is 2.14. The summed E-state index contributed by atoms with van der Waals surface area (Å²) in [6.45, 7) is 3.06. The second kappa shape index (κ2) is 5.39. The van der Waals surface area contributed by atoms with E-state index in [9.17, 15) is 0 Å². The number of nitrogens with two attached hydrogens (primary N) is 1. The lowest BCUT2D eigenvalue weighted by Crippen LogP contribution is -1.96. The van der Waals surface area contributed by atoms with Gasteiger partial charge in [-0.05, 0) is 48.7 Å². The number of anilines is 2. The summed E-state index contributed by atoms with van der Waals surface area (Å²) < 4.78 is 0. The molecule has 0 heterocycles. The van der Waals surface area contributed by atoms with E-state index in [1.54, 1.807) is 0 Å². The molecule has 0 amide bonds. The smallest absolute Gasteiger partial charge is 0.0340 e. The Hall–Kier alpha value is -1.96. The van der Waals surface area contributed by atoms with Gasteiger partial charge in [-0.1, -0.05) is 24.3 Å². The molecule has 88 valence electrons. The first-order chi connectivity index (χ1) is 8.28. The maximum atomic E-state index is 5.66. The Balaban J connectivity index is 2.05. The van der Waals surface area contributed by atoms with Crippen LogP contribution in [0.5, 0.6) is 0 Å². The number of benzene rings is 2. The molecule has 0 unspecified atom stereocenters. The molecule has 3 N–H and O–H groups in total. The molecule has 2 aromatic rings. The minimum absolute atomic E-state index is 0.816. The highest BCUT2D eigenvalue weighted by atomic mass is 14.8. The molecule has 2 heteroatoms. The van der Waals surface area contributed by atoms with E-state index in [0.29, 0.717) is 0 Å². The van der Waals surface area contributed by atoms with Crippen molar-refractivity contribution in [3.05, 3.63) is 59.7 Å². The van der Waals surface area contributed by atoms with Gasteiger partial charge in [-0.15, -0.1) is 0 Å².